The van der Waals surface area contributed by atoms with E-state index in [9.17, 15) is 4.79 Å². The van der Waals surface area contributed by atoms with Crippen LogP contribution in [0.2, 0.25) is 0 Å². The number of carbonyl (C=O) groups is 1. The van der Waals surface area contributed by atoms with Gasteiger partial charge in [-0.3, -0.25) is 4.79 Å². The van der Waals surface area contributed by atoms with E-state index in [4.69, 9.17) is 4.42 Å². The van der Waals surface area contributed by atoms with Gasteiger partial charge in [0.2, 0.25) is 5.91 Å². The van der Waals surface area contributed by atoms with Crippen molar-refractivity contribution in [2.45, 2.75) is 49.5 Å². The number of nitrogens with one attached hydrogen (secondary N) is 1. The predicted octanol–water partition coefficient (Wildman–Crippen LogP) is 4.32. The van der Waals surface area contributed by atoms with Gasteiger partial charge in [0.05, 0.1) is 5.25 Å². The number of hydrogen-bond acceptors (Lipinski definition) is 4. The van der Waals surface area contributed by atoms with Crippen molar-refractivity contribution in [2.24, 2.45) is 0 Å². The molecule has 0 saturated heterocycles. The van der Waals surface area contributed by atoms with Gasteiger partial charge in [-0.15, -0.1) is 0 Å². The first-order valence-electron chi connectivity index (χ1n) is 8.20. The minimum Gasteiger partial charge on any atom is -0.431 e. The van der Waals surface area contributed by atoms with Crippen molar-refractivity contribution >= 4 is 28.8 Å². The van der Waals surface area contributed by atoms with Crippen LogP contribution in [0.25, 0.3) is 11.1 Å². The van der Waals surface area contributed by atoms with Gasteiger partial charge in [-0.1, -0.05) is 35.5 Å². The minimum absolute atomic E-state index is 0.0358. The van der Waals surface area contributed by atoms with E-state index < -0.39 is 0 Å². The molecule has 23 heavy (non-hydrogen) atoms. The molecule has 122 valence electrons. The lowest BCUT2D eigenvalue weighted by atomic mass is 9.97. The summed E-state index contributed by atoms with van der Waals surface area (Å²) in [6, 6.07) is 7.63. The van der Waals surface area contributed by atoms with Crippen LogP contribution < -0.4 is 5.32 Å². The Morgan fingerprint density at radius 2 is 2.26 bits per heavy atom. The standard InChI is InChI=1S/C18H22N2O2S/c1-13(17(21)19-12-11-14-7-3-2-4-8-14)23-18-20-15-9-5-6-10-16(15)22-18/h5-7,9-10,13H,2-4,8,11-12H2,1H3,(H,19,21)/t13-/m0/s1. The number of hydrogen-bond donors (Lipinski definition) is 1. The number of fused-ring (bicyclic) bond motifs is 1. The van der Waals surface area contributed by atoms with Crippen LogP contribution in [-0.4, -0.2) is 22.7 Å². The highest BCUT2D eigenvalue weighted by atomic mass is 32.2. The Morgan fingerprint density at radius 3 is 3.04 bits per heavy atom. The number of rotatable bonds is 6. The molecule has 4 nitrogen and oxygen atoms in total. The molecule has 1 aliphatic carbocycles. The maximum Gasteiger partial charge on any atom is 0.257 e. The fraction of sp³-hybridized carbons (Fsp3) is 0.444. The summed E-state index contributed by atoms with van der Waals surface area (Å²) < 4.78 is 5.65. The molecule has 1 aromatic heterocycles. The molecule has 3 rings (SSSR count). The third kappa shape index (κ3) is 4.38. The number of aromatic nitrogens is 1. The number of allylic oxidation sites excluding steroid dienone is 1. The highest BCUT2D eigenvalue weighted by Crippen LogP contribution is 2.26. The summed E-state index contributed by atoms with van der Waals surface area (Å²) in [4.78, 5) is 16.6. The van der Waals surface area contributed by atoms with Gasteiger partial charge in [0.1, 0.15) is 5.52 Å². The van der Waals surface area contributed by atoms with Crippen molar-refractivity contribution < 1.29 is 9.21 Å². The van der Waals surface area contributed by atoms with E-state index in [-0.39, 0.29) is 11.2 Å². The Bertz CT molecular complexity index is 675. The predicted molar refractivity (Wildman–Crippen MR) is 93.5 cm³/mol. The van der Waals surface area contributed by atoms with E-state index in [1.165, 1.54) is 43.0 Å². The van der Waals surface area contributed by atoms with Crippen LogP contribution in [0.15, 0.2) is 45.6 Å². The maximum atomic E-state index is 12.2. The molecule has 1 amide bonds. The van der Waals surface area contributed by atoms with Gasteiger partial charge < -0.3 is 9.73 Å². The first kappa shape index (κ1) is 16.1. The lowest BCUT2D eigenvalue weighted by Crippen LogP contribution is -2.31. The van der Waals surface area contributed by atoms with E-state index in [0.29, 0.717) is 11.8 Å². The van der Waals surface area contributed by atoms with Crippen molar-refractivity contribution in [1.29, 1.82) is 0 Å². The molecule has 0 radical (unpaired) electrons. The van der Waals surface area contributed by atoms with E-state index in [1.807, 2.05) is 31.2 Å². The summed E-state index contributed by atoms with van der Waals surface area (Å²) in [6.45, 7) is 2.60. The Morgan fingerprint density at radius 1 is 1.39 bits per heavy atom. The summed E-state index contributed by atoms with van der Waals surface area (Å²) in [7, 11) is 0. The molecule has 0 fully saturated rings. The number of amides is 1. The quantitative estimate of drug-likeness (QED) is 0.633. The second kappa shape index (κ2) is 7.68. The van der Waals surface area contributed by atoms with Crippen LogP contribution in [0.1, 0.15) is 39.0 Å². The molecule has 0 bridgehead atoms. The molecule has 1 aromatic carbocycles. The second-order valence-corrected chi connectivity index (χ2v) is 7.15. The number of nitrogens with zero attached hydrogens (tertiary/aromatic N) is 1. The van der Waals surface area contributed by atoms with Crippen LogP contribution >= 0.6 is 11.8 Å². The molecule has 0 spiro atoms. The van der Waals surface area contributed by atoms with Gasteiger partial charge in [-0.25, -0.2) is 4.98 Å². The van der Waals surface area contributed by atoms with Crippen molar-refractivity contribution in [2.75, 3.05) is 6.54 Å². The molecule has 0 unspecified atom stereocenters. The van der Waals surface area contributed by atoms with Crippen LogP contribution in [-0.2, 0) is 4.79 Å². The number of thioether (sulfide) groups is 1. The second-order valence-electron chi connectivity index (χ2n) is 5.86. The Hall–Kier alpha value is -1.75. The van der Waals surface area contributed by atoms with Crippen molar-refractivity contribution in [3.05, 3.63) is 35.9 Å². The number of para-hydroxylation sites is 2. The number of benzene rings is 1. The lowest BCUT2D eigenvalue weighted by Gasteiger charge is -2.14. The Labute approximate surface area is 140 Å². The normalized spacial score (nSPS) is 16.1. The fourth-order valence-electron chi connectivity index (χ4n) is 2.73. The van der Waals surface area contributed by atoms with Crippen molar-refractivity contribution in [3.8, 4) is 0 Å². The van der Waals surface area contributed by atoms with E-state index in [2.05, 4.69) is 16.4 Å². The van der Waals surface area contributed by atoms with Gasteiger partial charge in [-0.2, -0.15) is 0 Å². The molecule has 1 heterocycles. The molecule has 0 saturated carbocycles. The van der Waals surface area contributed by atoms with Crippen LogP contribution in [0.3, 0.4) is 0 Å². The summed E-state index contributed by atoms with van der Waals surface area (Å²) in [6.07, 6.45) is 8.24. The largest absolute Gasteiger partial charge is 0.431 e. The molecule has 2 aromatic rings. The summed E-state index contributed by atoms with van der Waals surface area (Å²) in [5.74, 6) is 0.0358. The van der Waals surface area contributed by atoms with Crippen molar-refractivity contribution in [3.63, 3.8) is 0 Å². The molecule has 0 aliphatic heterocycles. The van der Waals surface area contributed by atoms with Gasteiger partial charge in [0, 0.05) is 6.54 Å². The van der Waals surface area contributed by atoms with Gasteiger partial charge in [0.15, 0.2) is 5.58 Å². The van der Waals surface area contributed by atoms with Crippen LogP contribution in [0, 0.1) is 0 Å². The van der Waals surface area contributed by atoms with Crippen LogP contribution in [0.4, 0.5) is 0 Å². The van der Waals surface area contributed by atoms with E-state index in [0.717, 1.165) is 17.5 Å². The zero-order valence-corrected chi connectivity index (χ0v) is 14.2. The summed E-state index contributed by atoms with van der Waals surface area (Å²) in [5.41, 5.74) is 3.06. The number of carbonyl (C=O) groups excluding carboxylic acids is 1. The third-order valence-corrected chi connectivity index (χ3v) is 5.00. The minimum atomic E-state index is -0.219. The molecule has 5 heteroatoms. The molecule has 1 atom stereocenters. The fourth-order valence-corrected chi connectivity index (χ4v) is 3.51. The third-order valence-electron chi connectivity index (χ3n) is 4.05. The van der Waals surface area contributed by atoms with E-state index in [1.54, 1.807) is 0 Å². The Balaban J connectivity index is 1.48. The lowest BCUT2D eigenvalue weighted by molar-refractivity contribution is -0.120. The smallest absolute Gasteiger partial charge is 0.257 e. The van der Waals surface area contributed by atoms with Gasteiger partial charge in [-0.05, 0) is 51.2 Å². The molecular weight excluding hydrogens is 308 g/mol. The molecule has 1 aliphatic rings. The summed E-state index contributed by atoms with van der Waals surface area (Å²) >= 11 is 1.36. The highest BCUT2D eigenvalue weighted by Gasteiger charge is 2.17. The number of oxazole rings is 1. The zero-order valence-electron chi connectivity index (χ0n) is 13.4. The van der Waals surface area contributed by atoms with E-state index >= 15 is 0 Å². The first-order chi connectivity index (χ1) is 11.2. The SMILES string of the molecule is C[C@H](Sc1nc2ccccc2o1)C(=O)NCCC1=CCCCC1. The zero-order chi connectivity index (χ0) is 16.1. The van der Waals surface area contributed by atoms with Crippen molar-refractivity contribution in [1.82, 2.24) is 10.3 Å². The Kier molecular flexibility index (Phi) is 5.39. The van der Waals surface area contributed by atoms with Gasteiger partial charge >= 0.3 is 0 Å². The highest BCUT2D eigenvalue weighted by molar-refractivity contribution is 8.00. The molecule has 1 N–H and O–H groups in total. The monoisotopic (exact) mass is 330 g/mol. The topological polar surface area (TPSA) is 55.1 Å². The average Bonchev–Trinajstić information content (AvgIpc) is 2.98. The molecular formula is C18H22N2O2S. The summed E-state index contributed by atoms with van der Waals surface area (Å²) in [5, 5.41) is 3.34. The maximum absolute atomic E-state index is 12.2. The first-order valence-corrected chi connectivity index (χ1v) is 9.08. The van der Waals surface area contributed by atoms with Gasteiger partial charge in [0.25, 0.3) is 5.22 Å². The average molecular weight is 330 g/mol. The van der Waals surface area contributed by atoms with Crippen LogP contribution in [0.5, 0.6) is 0 Å².